The van der Waals surface area contributed by atoms with Gasteiger partial charge in [-0.05, 0) is 55.8 Å². The highest BCUT2D eigenvalue weighted by molar-refractivity contribution is 7.09. The molecular formula is C15H18N2S. The molecule has 0 atom stereocenters. The Morgan fingerprint density at radius 3 is 2.44 bits per heavy atom. The Labute approximate surface area is 112 Å². The zero-order chi connectivity index (χ0) is 12.1. The van der Waals surface area contributed by atoms with Gasteiger partial charge < -0.3 is 0 Å². The largest absolute Gasteiger partial charge is 0.245 e. The van der Waals surface area contributed by atoms with Gasteiger partial charge in [0.05, 0.1) is 18.2 Å². The molecule has 3 heteroatoms. The molecule has 0 spiro atoms. The van der Waals surface area contributed by atoms with Crippen molar-refractivity contribution in [1.82, 2.24) is 4.98 Å². The van der Waals surface area contributed by atoms with Gasteiger partial charge in [-0.15, -0.1) is 11.3 Å². The van der Waals surface area contributed by atoms with Gasteiger partial charge in [0.15, 0.2) is 0 Å². The predicted molar refractivity (Wildman–Crippen MR) is 71.2 cm³/mol. The Morgan fingerprint density at radius 1 is 1.17 bits per heavy atom. The molecule has 5 rings (SSSR count). The molecule has 0 aromatic carbocycles. The van der Waals surface area contributed by atoms with Crippen LogP contribution in [0.25, 0.3) is 0 Å². The molecule has 4 aliphatic rings. The normalized spacial score (nSPS) is 40.9. The first-order valence-electron chi connectivity index (χ1n) is 7.14. The zero-order valence-corrected chi connectivity index (χ0v) is 11.3. The maximum absolute atomic E-state index is 8.76. The molecule has 4 bridgehead atoms. The molecule has 2 nitrogen and oxygen atoms in total. The summed E-state index contributed by atoms with van der Waals surface area (Å²) in [5.74, 6) is 4.58. The summed E-state index contributed by atoms with van der Waals surface area (Å²) >= 11 is 1.68. The lowest BCUT2D eigenvalue weighted by Crippen LogP contribution is -2.43. The van der Waals surface area contributed by atoms with Gasteiger partial charge in [-0.3, -0.25) is 0 Å². The molecule has 1 aromatic heterocycles. The van der Waals surface area contributed by atoms with Gasteiger partial charge in [0, 0.05) is 11.3 Å². The van der Waals surface area contributed by atoms with Crippen molar-refractivity contribution in [2.24, 2.45) is 23.7 Å². The van der Waals surface area contributed by atoms with Crippen LogP contribution in [-0.4, -0.2) is 4.98 Å². The topological polar surface area (TPSA) is 36.7 Å². The van der Waals surface area contributed by atoms with Crippen LogP contribution in [-0.2, 0) is 6.42 Å². The Hall–Kier alpha value is -0.880. The second kappa shape index (κ2) is 4.06. The van der Waals surface area contributed by atoms with E-state index in [1.807, 2.05) is 0 Å². The number of hydrogen-bond acceptors (Lipinski definition) is 3. The van der Waals surface area contributed by atoms with Crippen molar-refractivity contribution in [3.63, 3.8) is 0 Å². The Morgan fingerprint density at radius 2 is 1.83 bits per heavy atom. The summed E-state index contributed by atoms with van der Waals surface area (Å²) < 4.78 is 0. The minimum Gasteiger partial charge on any atom is -0.245 e. The molecule has 1 heterocycles. The minimum absolute atomic E-state index is 0.484. The van der Waals surface area contributed by atoms with Crippen LogP contribution in [0.5, 0.6) is 0 Å². The molecule has 94 valence electrons. The van der Waals surface area contributed by atoms with E-state index in [9.17, 15) is 0 Å². The van der Waals surface area contributed by atoms with Crippen molar-refractivity contribution < 1.29 is 0 Å². The minimum atomic E-state index is 0.484. The fraction of sp³-hybridized carbons (Fsp3) is 0.733. The van der Waals surface area contributed by atoms with Gasteiger partial charge in [0.25, 0.3) is 0 Å². The number of rotatable bonds is 2. The zero-order valence-electron chi connectivity index (χ0n) is 10.5. The second-order valence-corrected chi connectivity index (χ2v) is 7.40. The highest BCUT2D eigenvalue weighted by atomic mass is 32.1. The summed E-state index contributed by atoms with van der Waals surface area (Å²) in [5.41, 5.74) is 1.32. The molecule has 1 aromatic rings. The van der Waals surface area contributed by atoms with Gasteiger partial charge in [-0.2, -0.15) is 5.26 Å². The fourth-order valence-corrected chi connectivity index (χ4v) is 5.81. The first-order chi connectivity index (χ1) is 8.83. The number of hydrogen-bond donors (Lipinski definition) is 0. The summed E-state index contributed by atoms with van der Waals surface area (Å²) in [5, 5.41) is 12.0. The SMILES string of the molecule is N#CCc1nc(C2C3CC4CC(C3)CC2C4)cs1. The van der Waals surface area contributed by atoms with Crippen molar-refractivity contribution in [1.29, 1.82) is 5.26 Å². The first-order valence-corrected chi connectivity index (χ1v) is 8.02. The van der Waals surface area contributed by atoms with Gasteiger partial charge in [0.2, 0.25) is 0 Å². The first kappa shape index (κ1) is 11.0. The van der Waals surface area contributed by atoms with Crippen LogP contribution in [0.4, 0.5) is 0 Å². The van der Waals surface area contributed by atoms with Gasteiger partial charge in [-0.25, -0.2) is 4.98 Å². The molecule has 0 aliphatic heterocycles. The third-order valence-corrected chi connectivity index (χ3v) is 6.24. The van der Waals surface area contributed by atoms with Gasteiger partial charge in [-0.1, -0.05) is 0 Å². The third-order valence-electron chi connectivity index (χ3n) is 5.37. The van der Waals surface area contributed by atoms with Gasteiger partial charge >= 0.3 is 0 Å². The van der Waals surface area contributed by atoms with Crippen molar-refractivity contribution >= 4 is 11.3 Å². The van der Waals surface area contributed by atoms with E-state index in [1.54, 1.807) is 11.3 Å². The molecule has 18 heavy (non-hydrogen) atoms. The van der Waals surface area contributed by atoms with E-state index in [-0.39, 0.29) is 0 Å². The molecule has 0 unspecified atom stereocenters. The number of aromatic nitrogens is 1. The van der Waals surface area contributed by atoms with E-state index in [2.05, 4.69) is 11.4 Å². The molecule has 0 N–H and O–H groups in total. The molecule has 4 aliphatic carbocycles. The number of nitriles is 1. The lowest BCUT2D eigenvalue weighted by atomic mass is 9.51. The summed E-state index contributed by atoms with van der Waals surface area (Å²) in [6.45, 7) is 0. The second-order valence-electron chi connectivity index (χ2n) is 6.46. The molecule has 4 fully saturated rings. The van der Waals surface area contributed by atoms with E-state index in [1.165, 1.54) is 37.8 Å². The Bertz CT molecular complexity index is 471. The average Bonchev–Trinajstić information content (AvgIpc) is 2.76. The predicted octanol–water partition coefficient (Wildman–Crippen LogP) is 3.75. The molecule has 0 amide bonds. The standard InChI is InChI=1S/C15H18N2S/c16-2-1-14-17-13(8-18-14)15-11-4-9-3-10(6-11)7-12(15)5-9/h8-12,15H,1,3-7H2. The van der Waals surface area contributed by atoms with E-state index in [4.69, 9.17) is 10.2 Å². The van der Waals surface area contributed by atoms with Crippen molar-refractivity contribution in [3.8, 4) is 6.07 Å². The van der Waals surface area contributed by atoms with Crippen molar-refractivity contribution in [3.05, 3.63) is 16.1 Å². The van der Waals surface area contributed by atoms with Gasteiger partial charge in [0.1, 0.15) is 5.01 Å². The maximum Gasteiger partial charge on any atom is 0.107 e. The third kappa shape index (κ3) is 1.62. The van der Waals surface area contributed by atoms with E-state index >= 15 is 0 Å². The molecule has 0 saturated heterocycles. The highest BCUT2D eigenvalue weighted by Gasteiger charge is 2.49. The van der Waals surface area contributed by atoms with Crippen LogP contribution in [0.3, 0.4) is 0 Å². The Kier molecular flexibility index (Phi) is 2.48. The summed E-state index contributed by atoms with van der Waals surface area (Å²) in [7, 11) is 0. The number of nitrogens with zero attached hydrogens (tertiary/aromatic N) is 2. The fourth-order valence-electron chi connectivity index (χ4n) is 5.04. The van der Waals surface area contributed by atoms with Crippen LogP contribution in [0.15, 0.2) is 5.38 Å². The van der Waals surface area contributed by atoms with Crippen LogP contribution < -0.4 is 0 Å². The number of thiazole rings is 1. The highest BCUT2D eigenvalue weighted by Crippen LogP contribution is 2.59. The van der Waals surface area contributed by atoms with Crippen LogP contribution in [0.1, 0.15) is 48.7 Å². The lowest BCUT2D eigenvalue weighted by molar-refractivity contribution is -0.00399. The monoisotopic (exact) mass is 258 g/mol. The average molecular weight is 258 g/mol. The van der Waals surface area contributed by atoms with Crippen molar-refractivity contribution in [2.75, 3.05) is 0 Å². The van der Waals surface area contributed by atoms with E-state index in [0.29, 0.717) is 6.42 Å². The van der Waals surface area contributed by atoms with E-state index < -0.39 is 0 Å². The summed E-state index contributed by atoms with van der Waals surface area (Å²) in [6, 6.07) is 2.21. The smallest absolute Gasteiger partial charge is 0.107 e. The molecule has 0 radical (unpaired) electrons. The van der Waals surface area contributed by atoms with E-state index in [0.717, 1.165) is 34.6 Å². The Balaban J connectivity index is 1.62. The van der Waals surface area contributed by atoms with Crippen LogP contribution in [0, 0.1) is 35.0 Å². The van der Waals surface area contributed by atoms with Crippen molar-refractivity contribution in [2.45, 2.75) is 44.4 Å². The van der Waals surface area contributed by atoms with Crippen LogP contribution >= 0.6 is 11.3 Å². The maximum atomic E-state index is 8.76. The summed E-state index contributed by atoms with van der Waals surface area (Å²) in [6.07, 6.45) is 7.78. The lowest BCUT2D eigenvalue weighted by Gasteiger charge is -2.54. The molecular weight excluding hydrogens is 240 g/mol. The van der Waals surface area contributed by atoms with Crippen LogP contribution in [0.2, 0.25) is 0 Å². The summed E-state index contributed by atoms with van der Waals surface area (Å²) in [4.78, 5) is 4.74. The molecule has 4 saturated carbocycles. The quantitative estimate of drug-likeness (QED) is 0.810.